The Morgan fingerprint density at radius 1 is 0.968 bits per heavy atom. The number of nitrogens with one attached hydrogen (secondary N) is 1. The van der Waals surface area contributed by atoms with E-state index in [2.05, 4.69) is 5.32 Å². The largest absolute Gasteiger partial charge is 0.497 e. The van der Waals surface area contributed by atoms with Crippen LogP contribution in [0.3, 0.4) is 0 Å². The second-order valence-corrected chi connectivity index (χ2v) is 7.69. The Kier molecular flexibility index (Phi) is 5.63. The van der Waals surface area contributed by atoms with Crippen LogP contribution < -0.4 is 15.0 Å². The standard InChI is InChI=1S/C23H18ClN3O3S/c1-14-3-6-18(26(14)16-9-11-19(30-2)12-10-16)13-20-21(28)25-23(31)27(22(20)29)17-7-4-15(24)5-8-17/h3-13H,1-2H3,(H,25,28,31)/b20-13+. The number of ether oxygens (including phenoxy) is 1. The average molecular weight is 452 g/mol. The van der Waals surface area contributed by atoms with Crippen LogP contribution in [0.2, 0.25) is 5.02 Å². The highest BCUT2D eigenvalue weighted by molar-refractivity contribution is 7.80. The van der Waals surface area contributed by atoms with Gasteiger partial charge in [0.05, 0.1) is 12.8 Å². The average Bonchev–Trinajstić information content (AvgIpc) is 3.12. The highest BCUT2D eigenvalue weighted by Crippen LogP contribution is 2.26. The Labute approximate surface area is 189 Å². The normalized spacial score (nSPS) is 15.4. The number of carbonyl (C=O) groups excluding carboxylic acids is 2. The summed E-state index contributed by atoms with van der Waals surface area (Å²) >= 11 is 11.2. The number of hydrogen-bond donors (Lipinski definition) is 1. The lowest BCUT2D eigenvalue weighted by molar-refractivity contribution is -0.122. The van der Waals surface area contributed by atoms with Crippen molar-refractivity contribution in [2.75, 3.05) is 12.0 Å². The number of rotatable bonds is 4. The van der Waals surface area contributed by atoms with E-state index in [0.29, 0.717) is 16.4 Å². The van der Waals surface area contributed by atoms with Gasteiger partial charge in [0.25, 0.3) is 11.8 Å². The maximum absolute atomic E-state index is 13.2. The third kappa shape index (κ3) is 3.97. The molecule has 156 valence electrons. The van der Waals surface area contributed by atoms with Gasteiger partial charge in [0.15, 0.2) is 5.11 Å². The third-order valence-electron chi connectivity index (χ3n) is 4.92. The highest BCUT2D eigenvalue weighted by atomic mass is 35.5. The summed E-state index contributed by atoms with van der Waals surface area (Å²) in [6, 6.07) is 18.0. The van der Waals surface area contributed by atoms with Crippen LogP contribution in [0.4, 0.5) is 5.69 Å². The van der Waals surface area contributed by atoms with Crippen LogP contribution in [0.5, 0.6) is 5.75 Å². The Bertz CT molecular complexity index is 1210. The molecule has 0 bridgehead atoms. The van der Waals surface area contributed by atoms with Crippen LogP contribution in [0, 0.1) is 6.92 Å². The molecule has 1 saturated heterocycles. The lowest BCUT2D eigenvalue weighted by Crippen LogP contribution is -2.54. The SMILES string of the molecule is COc1ccc(-n2c(C)ccc2/C=C2\C(=O)NC(=S)N(c3ccc(Cl)cc3)C2=O)cc1. The van der Waals surface area contributed by atoms with E-state index >= 15 is 0 Å². The molecule has 1 aromatic heterocycles. The minimum absolute atomic E-state index is 0.0172. The first kappa shape index (κ1) is 20.8. The summed E-state index contributed by atoms with van der Waals surface area (Å²) in [5.41, 5.74) is 3.02. The molecule has 0 unspecified atom stereocenters. The quantitative estimate of drug-likeness (QED) is 0.365. The molecule has 2 amide bonds. The number of carbonyl (C=O) groups is 2. The van der Waals surface area contributed by atoms with Gasteiger partial charge >= 0.3 is 0 Å². The zero-order chi connectivity index (χ0) is 22.1. The van der Waals surface area contributed by atoms with Crippen molar-refractivity contribution in [3.63, 3.8) is 0 Å². The molecule has 2 heterocycles. The molecule has 0 aliphatic carbocycles. The lowest BCUT2D eigenvalue weighted by Gasteiger charge is -2.29. The van der Waals surface area contributed by atoms with Crippen LogP contribution in [0.15, 0.2) is 66.2 Å². The van der Waals surface area contributed by atoms with Gasteiger partial charge in [-0.1, -0.05) is 11.6 Å². The Morgan fingerprint density at radius 2 is 1.61 bits per heavy atom. The maximum Gasteiger partial charge on any atom is 0.270 e. The van der Waals surface area contributed by atoms with E-state index in [1.54, 1.807) is 37.5 Å². The third-order valence-corrected chi connectivity index (χ3v) is 5.45. The molecule has 0 spiro atoms. The van der Waals surface area contributed by atoms with E-state index in [1.165, 1.54) is 4.90 Å². The van der Waals surface area contributed by atoms with Gasteiger partial charge < -0.3 is 9.30 Å². The predicted molar refractivity (Wildman–Crippen MR) is 125 cm³/mol. The highest BCUT2D eigenvalue weighted by Gasteiger charge is 2.34. The van der Waals surface area contributed by atoms with Gasteiger partial charge in [-0.2, -0.15) is 0 Å². The van der Waals surface area contributed by atoms with Crippen LogP contribution in [0.1, 0.15) is 11.4 Å². The smallest absolute Gasteiger partial charge is 0.270 e. The zero-order valence-corrected chi connectivity index (χ0v) is 18.3. The minimum atomic E-state index is -0.541. The molecule has 1 N–H and O–H groups in total. The summed E-state index contributed by atoms with van der Waals surface area (Å²) in [5.74, 6) is -0.307. The van der Waals surface area contributed by atoms with Crippen molar-refractivity contribution < 1.29 is 14.3 Å². The fourth-order valence-corrected chi connectivity index (χ4v) is 3.79. The first-order valence-electron chi connectivity index (χ1n) is 9.39. The molecule has 6 nitrogen and oxygen atoms in total. The lowest BCUT2D eigenvalue weighted by atomic mass is 10.1. The molecule has 4 rings (SSSR count). The number of halogens is 1. The molecule has 1 aliphatic heterocycles. The Morgan fingerprint density at radius 3 is 2.26 bits per heavy atom. The van der Waals surface area contributed by atoms with Gasteiger partial charge in [-0.3, -0.25) is 19.8 Å². The van der Waals surface area contributed by atoms with Crippen molar-refractivity contribution in [1.29, 1.82) is 0 Å². The molecular weight excluding hydrogens is 434 g/mol. The predicted octanol–water partition coefficient (Wildman–Crippen LogP) is 4.28. The van der Waals surface area contributed by atoms with E-state index < -0.39 is 11.8 Å². The Hall–Kier alpha value is -3.42. The Balaban J connectivity index is 1.75. The molecule has 0 radical (unpaired) electrons. The molecule has 31 heavy (non-hydrogen) atoms. The number of thiocarbonyl (C=S) groups is 1. The summed E-state index contributed by atoms with van der Waals surface area (Å²) in [5, 5.41) is 3.15. The first-order chi connectivity index (χ1) is 14.9. The topological polar surface area (TPSA) is 63.6 Å². The monoisotopic (exact) mass is 451 g/mol. The molecule has 1 fully saturated rings. The van der Waals surface area contributed by atoms with Crippen LogP contribution in [-0.2, 0) is 9.59 Å². The molecular formula is C23H18ClN3O3S. The molecule has 8 heteroatoms. The van der Waals surface area contributed by atoms with Crippen LogP contribution >= 0.6 is 23.8 Å². The summed E-state index contributed by atoms with van der Waals surface area (Å²) in [7, 11) is 1.61. The van der Waals surface area contributed by atoms with Gasteiger partial charge in [-0.05, 0) is 85.9 Å². The van der Waals surface area contributed by atoms with E-state index in [1.807, 2.05) is 47.9 Å². The number of methoxy groups -OCH3 is 1. The van der Waals surface area contributed by atoms with Crippen molar-refractivity contribution in [3.8, 4) is 11.4 Å². The number of aromatic nitrogens is 1. The summed E-state index contributed by atoms with van der Waals surface area (Å²) < 4.78 is 7.17. The number of benzene rings is 2. The van der Waals surface area contributed by atoms with Crippen molar-refractivity contribution in [2.24, 2.45) is 0 Å². The number of nitrogens with zero attached hydrogens (tertiary/aromatic N) is 2. The van der Waals surface area contributed by atoms with Gasteiger partial charge in [-0.15, -0.1) is 0 Å². The van der Waals surface area contributed by atoms with Gasteiger partial charge in [-0.25, -0.2) is 0 Å². The first-order valence-corrected chi connectivity index (χ1v) is 10.2. The second-order valence-electron chi connectivity index (χ2n) is 6.87. The number of aryl methyl sites for hydroxylation is 1. The summed E-state index contributed by atoms with van der Waals surface area (Å²) in [6.45, 7) is 1.95. The van der Waals surface area contributed by atoms with Crippen molar-refractivity contribution >= 4 is 52.5 Å². The van der Waals surface area contributed by atoms with Crippen LogP contribution in [0.25, 0.3) is 11.8 Å². The van der Waals surface area contributed by atoms with E-state index in [-0.39, 0.29) is 10.7 Å². The fourth-order valence-electron chi connectivity index (χ4n) is 3.39. The zero-order valence-electron chi connectivity index (χ0n) is 16.8. The second kappa shape index (κ2) is 8.37. The number of hydrogen-bond acceptors (Lipinski definition) is 4. The molecule has 0 atom stereocenters. The van der Waals surface area contributed by atoms with E-state index in [0.717, 1.165) is 17.1 Å². The molecule has 3 aromatic rings. The van der Waals surface area contributed by atoms with Gasteiger partial charge in [0, 0.05) is 22.1 Å². The fraction of sp³-hybridized carbons (Fsp3) is 0.0870. The summed E-state index contributed by atoms with van der Waals surface area (Å²) in [6.07, 6.45) is 1.57. The van der Waals surface area contributed by atoms with Crippen LogP contribution in [-0.4, -0.2) is 28.6 Å². The number of anilines is 1. The molecule has 1 aliphatic rings. The van der Waals surface area contributed by atoms with E-state index in [4.69, 9.17) is 28.6 Å². The maximum atomic E-state index is 13.2. The van der Waals surface area contributed by atoms with Gasteiger partial charge in [0.1, 0.15) is 11.3 Å². The summed E-state index contributed by atoms with van der Waals surface area (Å²) in [4.78, 5) is 27.1. The van der Waals surface area contributed by atoms with Gasteiger partial charge in [0.2, 0.25) is 0 Å². The van der Waals surface area contributed by atoms with Crippen molar-refractivity contribution in [3.05, 3.63) is 82.6 Å². The van der Waals surface area contributed by atoms with Crippen molar-refractivity contribution in [2.45, 2.75) is 6.92 Å². The molecule has 2 aromatic carbocycles. The number of amides is 2. The van der Waals surface area contributed by atoms with E-state index in [9.17, 15) is 9.59 Å². The minimum Gasteiger partial charge on any atom is -0.497 e. The molecule has 0 saturated carbocycles. The van der Waals surface area contributed by atoms with Crippen molar-refractivity contribution in [1.82, 2.24) is 9.88 Å².